The van der Waals surface area contributed by atoms with Crippen LogP contribution in [0.15, 0.2) is 29.6 Å². The van der Waals surface area contributed by atoms with Gasteiger partial charge in [0.1, 0.15) is 0 Å². The smallest absolute Gasteiger partial charge is 0.230 e. The van der Waals surface area contributed by atoms with Gasteiger partial charge in [0.05, 0.1) is 12.1 Å². The quantitative estimate of drug-likeness (QED) is 0.896. The molecule has 128 valence electrons. The summed E-state index contributed by atoms with van der Waals surface area (Å²) in [5.74, 6) is 0.838. The lowest BCUT2D eigenvalue weighted by Crippen LogP contribution is -2.32. The summed E-state index contributed by atoms with van der Waals surface area (Å²) in [6.45, 7) is 7.53. The van der Waals surface area contributed by atoms with E-state index in [1.165, 1.54) is 24.2 Å². The third-order valence-corrected chi connectivity index (χ3v) is 5.48. The molecule has 0 unspecified atom stereocenters. The van der Waals surface area contributed by atoms with Gasteiger partial charge in [-0.25, -0.2) is 4.98 Å². The molecule has 0 aliphatic carbocycles. The fourth-order valence-corrected chi connectivity index (χ4v) is 3.75. The molecule has 0 atom stereocenters. The van der Waals surface area contributed by atoms with Crippen molar-refractivity contribution in [2.45, 2.75) is 39.7 Å². The number of nitrogens with zero attached hydrogens (tertiary/aromatic N) is 2. The number of hydrogen-bond acceptors (Lipinski definition) is 4. The highest BCUT2D eigenvalue weighted by atomic mass is 32.1. The molecule has 4 nitrogen and oxygen atoms in total. The lowest BCUT2D eigenvalue weighted by molar-refractivity contribution is -0.115. The maximum Gasteiger partial charge on any atom is 0.230 e. The molecule has 1 aliphatic rings. The Morgan fingerprint density at radius 2 is 2.08 bits per heavy atom. The van der Waals surface area contributed by atoms with E-state index in [4.69, 9.17) is 0 Å². The standard InChI is InChI=1S/C19H25N3OS/c1-14-7-9-22(10-8-14)12-17-13-24-19(20-17)21-18(23)11-16-6-4-3-5-15(16)2/h3-6,13-14H,7-12H2,1-2H3,(H,20,21,23). The van der Waals surface area contributed by atoms with Crippen molar-refractivity contribution < 1.29 is 4.79 Å². The highest BCUT2D eigenvalue weighted by molar-refractivity contribution is 7.13. The van der Waals surface area contributed by atoms with E-state index in [-0.39, 0.29) is 5.91 Å². The molecule has 1 aromatic heterocycles. The maximum absolute atomic E-state index is 12.2. The third kappa shape index (κ3) is 4.65. The van der Waals surface area contributed by atoms with Gasteiger partial charge in [-0.15, -0.1) is 11.3 Å². The summed E-state index contributed by atoms with van der Waals surface area (Å²) in [5.41, 5.74) is 3.27. The number of carbonyl (C=O) groups excluding carboxylic acids is 1. The SMILES string of the molecule is Cc1ccccc1CC(=O)Nc1nc(CN2CCC(C)CC2)cs1. The third-order valence-electron chi connectivity index (χ3n) is 4.67. The van der Waals surface area contributed by atoms with Crippen molar-refractivity contribution in [3.05, 3.63) is 46.5 Å². The molecule has 1 amide bonds. The van der Waals surface area contributed by atoms with Crippen LogP contribution in [0.5, 0.6) is 0 Å². The number of anilines is 1. The van der Waals surface area contributed by atoms with E-state index in [0.717, 1.165) is 42.4 Å². The van der Waals surface area contributed by atoms with Crippen LogP contribution in [0.25, 0.3) is 0 Å². The highest BCUT2D eigenvalue weighted by Crippen LogP contribution is 2.21. The van der Waals surface area contributed by atoms with Crippen molar-refractivity contribution in [3.63, 3.8) is 0 Å². The molecule has 5 heteroatoms. The van der Waals surface area contributed by atoms with Gasteiger partial charge in [0, 0.05) is 11.9 Å². The van der Waals surface area contributed by atoms with Crippen LogP contribution in [0.3, 0.4) is 0 Å². The maximum atomic E-state index is 12.2. The molecule has 3 rings (SSSR count). The van der Waals surface area contributed by atoms with Crippen LogP contribution < -0.4 is 5.32 Å². The second-order valence-corrected chi connectivity index (χ2v) is 7.61. The molecule has 0 bridgehead atoms. The van der Waals surface area contributed by atoms with Crippen molar-refractivity contribution in [3.8, 4) is 0 Å². The van der Waals surface area contributed by atoms with Gasteiger partial charge in [0.15, 0.2) is 5.13 Å². The first kappa shape index (κ1) is 17.1. The average Bonchev–Trinajstić information content (AvgIpc) is 2.99. The molecule has 1 aliphatic heterocycles. The lowest BCUT2D eigenvalue weighted by Gasteiger charge is -2.29. The number of likely N-dealkylation sites (tertiary alicyclic amines) is 1. The Morgan fingerprint density at radius 3 is 2.83 bits per heavy atom. The first-order valence-corrected chi connectivity index (χ1v) is 9.49. The number of piperidine rings is 1. The molecule has 2 aromatic rings. The predicted octanol–water partition coefficient (Wildman–Crippen LogP) is 3.86. The van der Waals surface area contributed by atoms with Crippen LogP contribution >= 0.6 is 11.3 Å². The first-order valence-electron chi connectivity index (χ1n) is 8.61. The molecular formula is C19H25N3OS. The summed E-state index contributed by atoms with van der Waals surface area (Å²) in [7, 11) is 0. The zero-order valence-electron chi connectivity index (χ0n) is 14.4. The number of thiazole rings is 1. The van der Waals surface area contributed by atoms with E-state index < -0.39 is 0 Å². The topological polar surface area (TPSA) is 45.2 Å². The summed E-state index contributed by atoms with van der Waals surface area (Å²) in [6.07, 6.45) is 2.93. The van der Waals surface area contributed by atoms with Crippen molar-refractivity contribution >= 4 is 22.4 Å². The fourth-order valence-electron chi connectivity index (χ4n) is 3.03. The van der Waals surface area contributed by atoms with Gasteiger partial charge >= 0.3 is 0 Å². The van der Waals surface area contributed by atoms with E-state index in [2.05, 4.69) is 27.5 Å². The van der Waals surface area contributed by atoms with Gasteiger partial charge in [-0.1, -0.05) is 31.2 Å². The zero-order valence-corrected chi connectivity index (χ0v) is 15.2. The number of hydrogen-bond donors (Lipinski definition) is 1. The molecule has 1 N–H and O–H groups in total. The normalized spacial score (nSPS) is 16.2. The number of carbonyl (C=O) groups is 1. The van der Waals surface area contributed by atoms with Crippen LogP contribution in [0.4, 0.5) is 5.13 Å². The second kappa shape index (κ2) is 7.90. The van der Waals surface area contributed by atoms with Gasteiger partial charge < -0.3 is 5.32 Å². The number of nitrogens with one attached hydrogen (secondary N) is 1. The molecule has 1 fully saturated rings. The largest absolute Gasteiger partial charge is 0.302 e. The van der Waals surface area contributed by atoms with E-state index in [1.54, 1.807) is 0 Å². The molecular weight excluding hydrogens is 318 g/mol. The number of aryl methyl sites for hydroxylation is 1. The number of rotatable bonds is 5. The predicted molar refractivity (Wildman–Crippen MR) is 99.3 cm³/mol. The molecule has 24 heavy (non-hydrogen) atoms. The Hall–Kier alpha value is -1.72. The Morgan fingerprint density at radius 1 is 1.33 bits per heavy atom. The summed E-state index contributed by atoms with van der Waals surface area (Å²) < 4.78 is 0. The Balaban J connectivity index is 1.52. The van der Waals surface area contributed by atoms with E-state index in [0.29, 0.717) is 11.6 Å². The number of benzene rings is 1. The van der Waals surface area contributed by atoms with Crippen molar-refractivity contribution in [2.24, 2.45) is 5.92 Å². The molecule has 0 spiro atoms. The van der Waals surface area contributed by atoms with E-state index in [9.17, 15) is 4.79 Å². The Bertz CT molecular complexity index is 689. The second-order valence-electron chi connectivity index (χ2n) is 6.75. The van der Waals surface area contributed by atoms with Crippen LogP contribution in [-0.4, -0.2) is 28.9 Å². The minimum absolute atomic E-state index is 0.00278. The van der Waals surface area contributed by atoms with Crippen LogP contribution in [0, 0.1) is 12.8 Å². The molecule has 1 aromatic carbocycles. The van der Waals surface area contributed by atoms with Gasteiger partial charge in [0.25, 0.3) is 0 Å². The lowest BCUT2D eigenvalue weighted by atomic mass is 9.99. The van der Waals surface area contributed by atoms with Crippen LogP contribution in [-0.2, 0) is 17.8 Å². The van der Waals surface area contributed by atoms with Crippen molar-refractivity contribution in [1.82, 2.24) is 9.88 Å². The van der Waals surface area contributed by atoms with Crippen molar-refractivity contribution in [2.75, 3.05) is 18.4 Å². The fraction of sp³-hybridized carbons (Fsp3) is 0.474. The van der Waals surface area contributed by atoms with E-state index in [1.807, 2.05) is 31.2 Å². The minimum atomic E-state index is -0.00278. The van der Waals surface area contributed by atoms with Crippen LogP contribution in [0.1, 0.15) is 36.6 Å². The van der Waals surface area contributed by atoms with Gasteiger partial charge in [-0.2, -0.15) is 0 Å². The Labute approximate surface area is 147 Å². The van der Waals surface area contributed by atoms with Gasteiger partial charge in [0.2, 0.25) is 5.91 Å². The summed E-state index contributed by atoms with van der Waals surface area (Å²) in [5, 5.41) is 5.69. The average molecular weight is 343 g/mol. The summed E-state index contributed by atoms with van der Waals surface area (Å²) >= 11 is 1.51. The zero-order chi connectivity index (χ0) is 16.9. The monoisotopic (exact) mass is 343 g/mol. The Kier molecular flexibility index (Phi) is 5.63. The first-order chi connectivity index (χ1) is 11.6. The molecule has 1 saturated heterocycles. The summed E-state index contributed by atoms with van der Waals surface area (Å²) in [6, 6.07) is 7.99. The van der Waals surface area contributed by atoms with E-state index >= 15 is 0 Å². The molecule has 0 saturated carbocycles. The summed E-state index contributed by atoms with van der Waals surface area (Å²) in [4.78, 5) is 19.2. The minimum Gasteiger partial charge on any atom is -0.302 e. The number of amides is 1. The van der Waals surface area contributed by atoms with Crippen molar-refractivity contribution in [1.29, 1.82) is 0 Å². The van der Waals surface area contributed by atoms with Gasteiger partial charge in [-0.3, -0.25) is 9.69 Å². The molecule has 0 radical (unpaired) electrons. The van der Waals surface area contributed by atoms with Crippen LogP contribution in [0.2, 0.25) is 0 Å². The number of aromatic nitrogens is 1. The highest BCUT2D eigenvalue weighted by Gasteiger charge is 2.17. The van der Waals surface area contributed by atoms with Gasteiger partial charge in [-0.05, 0) is 49.9 Å². The molecule has 2 heterocycles.